The molecule has 0 aliphatic rings. The van der Waals surface area contributed by atoms with Gasteiger partial charge < -0.3 is 5.32 Å². The third kappa shape index (κ3) is 4.77. The Morgan fingerprint density at radius 1 is 1.05 bits per heavy atom. The molecule has 20 heavy (non-hydrogen) atoms. The fraction of sp³-hybridized carbons (Fsp3) is 0.333. The Morgan fingerprint density at radius 2 is 1.75 bits per heavy atom. The van der Waals surface area contributed by atoms with E-state index in [0.29, 0.717) is 6.04 Å². The number of rotatable bonds is 6. The lowest BCUT2D eigenvalue weighted by Gasteiger charge is -2.14. The lowest BCUT2D eigenvalue weighted by Crippen LogP contribution is -2.30. The van der Waals surface area contributed by atoms with Crippen molar-refractivity contribution in [3.8, 4) is 0 Å². The fourth-order valence-corrected chi connectivity index (χ4v) is 2.65. The molecule has 0 bridgehead atoms. The van der Waals surface area contributed by atoms with Crippen molar-refractivity contribution in [1.82, 2.24) is 5.32 Å². The van der Waals surface area contributed by atoms with Gasteiger partial charge in [0.2, 0.25) is 0 Å². The first-order chi connectivity index (χ1) is 9.65. The van der Waals surface area contributed by atoms with E-state index in [-0.39, 0.29) is 0 Å². The molecule has 0 saturated carbocycles. The zero-order chi connectivity index (χ0) is 14.4. The second-order valence-corrected chi connectivity index (χ2v) is 6.28. The molecule has 2 aromatic carbocycles. The minimum absolute atomic E-state index is 0.500. The predicted octanol–water partition coefficient (Wildman–Crippen LogP) is 4.52. The van der Waals surface area contributed by atoms with Crippen LogP contribution in [-0.4, -0.2) is 12.6 Å². The van der Waals surface area contributed by atoms with E-state index in [1.165, 1.54) is 16.7 Å². The first-order valence-electron chi connectivity index (χ1n) is 7.17. The quantitative estimate of drug-likeness (QED) is 0.820. The van der Waals surface area contributed by atoms with Gasteiger partial charge in [0.25, 0.3) is 0 Å². The molecule has 0 saturated heterocycles. The molecule has 2 heteroatoms. The van der Waals surface area contributed by atoms with E-state index in [1.807, 2.05) is 0 Å². The molecule has 0 aliphatic carbocycles. The number of benzene rings is 2. The summed E-state index contributed by atoms with van der Waals surface area (Å²) >= 11 is 3.47. The highest BCUT2D eigenvalue weighted by molar-refractivity contribution is 9.10. The highest BCUT2D eigenvalue weighted by Gasteiger charge is 2.03. The topological polar surface area (TPSA) is 12.0 Å². The zero-order valence-electron chi connectivity index (χ0n) is 12.2. The van der Waals surface area contributed by atoms with Crippen LogP contribution in [0.5, 0.6) is 0 Å². The van der Waals surface area contributed by atoms with Crippen molar-refractivity contribution in [2.45, 2.75) is 32.7 Å². The van der Waals surface area contributed by atoms with Crippen molar-refractivity contribution in [1.29, 1.82) is 0 Å². The third-order valence-electron chi connectivity index (χ3n) is 3.60. The van der Waals surface area contributed by atoms with Gasteiger partial charge in [0.05, 0.1) is 0 Å². The van der Waals surface area contributed by atoms with Crippen molar-refractivity contribution >= 4 is 15.9 Å². The Hall–Kier alpha value is -1.12. The summed E-state index contributed by atoms with van der Waals surface area (Å²) < 4.78 is 1.14. The molecule has 1 atom stereocenters. The normalized spacial score (nSPS) is 12.3. The smallest absolute Gasteiger partial charge is 0.0175 e. The van der Waals surface area contributed by atoms with Crippen LogP contribution in [0.2, 0.25) is 0 Å². The van der Waals surface area contributed by atoms with Crippen molar-refractivity contribution in [2.24, 2.45) is 0 Å². The Labute approximate surface area is 130 Å². The molecular weight excluding hydrogens is 310 g/mol. The molecule has 0 heterocycles. The second kappa shape index (κ2) is 7.61. The average molecular weight is 332 g/mol. The van der Waals surface area contributed by atoms with Gasteiger partial charge in [-0.1, -0.05) is 52.3 Å². The van der Waals surface area contributed by atoms with Crippen molar-refractivity contribution in [2.75, 3.05) is 6.54 Å². The van der Waals surface area contributed by atoms with Crippen LogP contribution in [0.1, 0.15) is 23.6 Å². The minimum atomic E-state index is 0.500. The maximum Gasteiger partial charge on any atom is 0.0175 e. The highest BCUT2D eigenvalue weighted by Crippen LogP contribution is 2.12. The van der Waals surface area contributed by atoms with Crippen LogP contribution in [0.25, 0.3) is 0 Å². The van der Waals surface area contributed by atoms with Gasteiger partial charge in [-0.3, -0.25) is 0 Å². The number of aryl methyl sites for hydroxylation is 1. The lowest BCUT2D eigenvalue weighted by molar-refractivity contribution is 0.548. The fourth-order valence-electron chi connectivity index (χ4n) is 2.39. The number of hydrogen-bond acceptors (Lipinski definition) is 1. The molecule has 0 radical (unpaired) electrons. The van der Waals surface area contributed by atoms with Gasteiger partial charge in [0.1, 0.15) is 0 Å². The SMILES string of the molecule is Cc1ccccc1CCNC(C)Cc1ccc(Br)cc1. The standard InChI is InChI=1S/C18H22BrN/c1-14-5-3-4-6-17(14)11-12-20-15(2)13-16-7-9-18(19)10-8-16/h3-10,15,20H,11-13H2,1-2H3. The predicted molar refractivity (Wildman–Crippen MR) is 90.2 cm³/mol. The van der Waals surface area contributed by atoms with Crippen LogP contribution in [0.3, 0.4) is 0 Å². The Morgan fingerprint density at radius 3 is 2.45 bits per heavy atom. The van der Waals surface area contributed by atoms with Gasteiger partial charge in [-0.05, 0) is 62.1 Å². The molecule has 0 spiro atoms. The lowest BCUT2D eigenvalue weighted by atomic mass is 10.0. The molecule has 2 rings (SSSR count). The Balaban J connectivity index is 1.76. The number of nitrogens with one attached hydrogen (secondary N) is 1. The summed E-state index contributed by atoms with van der Waals surface area (Å²) in [6.07, 6.45) is 2.17. The molecule has 1 N–H and O–H groups in total. The summed E-state index contributed by atoms with van der Waals surface area (Å²) in [5.41, 5.74) is 4.20. The first kappa shape index (κ1) is 15.3. The number of hydrogen-bond donors (Lipinski definition) is 1. The van der Waals surface area contributed by atoms with Crippen LogP contribution >= 0.6 is 15.9 Å². The summed E-state index contributed by atoms with van der Waals surface area (Å²) in [7, 11) is 0. The van der Waals surface area contributed by atoms with E-state index >= 15 is 0 Å². The molecular formula is C18H22BrN. The summed E-state index contributed by atoms with van der Waals surface area (Å²) in [5.74, 6) is 0. The first-order valence-corrected chi connectivity index (χ1v) is 7.97. The molecule has 106 valence electrons. The van der Waals surface area contributed by atoms with Crippen molar-refractivity contribution < 1.29 is 0 Å². The van der Waals surface area contributed by atoms with E-state index < -0.39 is 0 Å². The summed E-state index contributed by atoms with van der Waals surface area (Å²) in [5, 5.41) is 3.61. The highest BCUT2D eigenvalue weighted by atomic mass is 79.9. The van der Waals surface area contributed by atoms with Crippen LogP contribution in [0.15, 0.2) is 53.0 Å². The van der Waals surface area contributed by atoms with Crippen LogP contribution < -0.4 is 5.32 Å². The molecule has 1 unspecified atom stereocenters. The summed E-state index contributed by atoms with van der Waals surface area (Å²) in [4.78, 5) is 0. The molecule has 0 fully saturated rings. The summed E-state index contributed by atoms with van der Waals surface area (Å²) in [6.45, 7) is 5.46. The number of halogens is 1. The van der Waals surface area contributed by atoms with E-state index in [9.17, 15) is 0 Å². The van der Waals surface area contributed by atoms with Crippen LogP contribution in [0, 0.1) is 6.92 Å². The molecule has 2 aromatic rings. The minimum Gasteiger partial charge on any atom is -0.314 e. The van der Waals surface area contributed by atoms with E-state index in [0.717, 1.165) is 23.9 Å². The molecule has 0 aromatic heterocycles. The van der Waals surface area contributed by atoms with Crippen LogP contribution in [0.4, 0.5) is 0 Å². The van der Waals surface area contributed by atoms with E-state index in [2.05, 4.69) is 83.6 Å². The van der Waals surface area contributed by atoms with Gasteiger partial charge >= 0.3 is 0 Å². The van der Waals surface area contributed by atoms with Crippen LogP contribution in [-0.2, 0) is 12.8 Å². The average Bonchev–Trinajstić information content (AvgIpc) is 2.43. The second-order valence-electron chi connectivity index (χ2n) is 5.36. The maximum atomic E-state index is 3.61. The maximum absolute atomic E-state index is 3.61. The largest absolute Gasteiger partial charge is 0.314 e. The van der Waals surface area contributed by atoms with Gasteiger partial charge in [0.15, 0.2) is 0 Å². The Kier molecular flexibility index (Phi) is 5.81. The monoisotopic (exact) mass is 331 g/mol. The van der Waals surface area contributed by atoms with Gasteiger partial charge in [-0.25, -0.2) is 0 Å². The zero-order valence-corrected chi connectivity index (χ0v) is 13.8. The van der Waals surface area contributed by atoms with Crippen molar-refractivity contribution in [3.05, 3.63) is 69.7 Å². The van der Waals surface area contributed by atoms with E-state index in [1.54, 1.807) is 0 Å². The van der Waals surface area contributed by atoms with Crippen molar-refractivity contribution in [3.63, 3.8) is 0 Å². The van der Waals surface area contributed by atoms with Gasteiger partial charge in [-0.15, -0.1) is 0 Å². The van der Waals surface area contributed by atoms with Gasteiger partial charge in [0, 0.05) is 10.5 Å². The van der Waals surface area contributed by atoms with E-state index in [4.69, 9.17) is 0 Å². The third-order valence-corrected chi connectivity index (χ3v) is 4.13. The molecule has 0 amide bonds. The van der Waals surface area contributed by atoms with Gasteiger partial charge in [-0.2, -0.15) is 0 Å². The molecule has 0 aliphatic heterocycles. The Bertz CT molecular complexity index is 533. The summed E-state index contributed by atoms with van der Waals surface area (Å²) in [6, 6.07) is 17.7. The molecule has 1 nitrogen and oxygen atoms in total.